The van der Waals surface area contributed by atoms with Gasteiger partial charge in [-0.25, -0.2) is 9.67 Å². The molecule has 0 spiro atoms. The second-order valence-corrected chi connectivity index (χ2v) is 8.02. The summed E-state index contributed by atoms with van der Waals surface area (Å²) in [6, 6.07) is 8.20. The zero-order chi connectivity index (χ0) is 19.0. The van der Waals surface area contributed by atoms with E-state index in [4.69, 9.17) is 5.10 Å². The second kappa shape index (κ2) is 7.27. The summed E-state index contributed by atoms with van der Waals surface area (Å²) in [5.41, 5.74) is 6.06. The molecule has 2 heterocycles. The molecule has 0 bridgehead atoms. The molecule has 0 unspecified atom stereocenters. The number of para-hydroxylation sites is 1. The van der Waals surface area contributed by atoms with Gasteiger partial charge in [-0.05, 0) is 44.2 Å². The number of benzene rings is 1. The fourth-order valence-corrected chi connectivity index (χ4v) is 4.42. The molecule has 1 aliphatic carbocycles. The Bertz CT molecular complexity index is 988. The zero-order valence-electron chi connectivity index (χ0n) is 16.0. The van der Waals surface area contributed by atoms with Crippen molar-refractivity contribution in [1.29, 1.82) is 0 Å². The van der Waals surface area contributed by atoms with Crippen LogP contribution in [0.3, 0.4) is 0 Å². The molecule has 0 aliphatic heterocycles. The molecule has 0 fully saturated rings. The van der Waals surface area contributed by atoms with Crippen LogP contribution >= 0.6 is 11.3 Å². The van der Waals surface area contributed by atoms with Gasteiger partial charge in [-0.2, -0.15) is 5.10 Å². The Morgan fingerprint density at radius 2 is 2.11 bits per heavy atom. The van der Waals surface area contributed by atoms with Crippen molar-refractivity contribution in [1.82, 2.24) is 19.7 Å². The number of nitrogens with zero attached hydrogens (tertiary/aromatic N) is 4. The Labute approximate surface area is 163 Å². The molecule has 1 aliphatic rings. The number of hydrogen-bond donors (Lipinski definition) is 0. The Morgan fingerprint density at radius 3 is 2.85 bits per heavy atom. The maximum Gasteiger partial charge on any atom is 0.274 e. The lowest BCUT2D eigenvalue weighted by atomic mass is 10.1. The molecule has 2 aromatic heterocycles. The molecule has 27 heavy (non-hydrogen) atoms. The highest BCUT2D eigenvalue weighted by atomic mass is 32.1. The fourth-order valence-electron chi connectivity index (χ4n) is 3.69. The van der Waals surface area contributed by atoms with E-state index in [-0.39, 0.29) is 5.91 Å². The summed E-state index contributed by atoms with van der Waals surface area (Å²) in [6.45, 7) is 4.69. The average molecular weight is 381 g/mol. The Kier molecular flexibility index (Phi) is 4.83. The van der Waals surface area contributed by atoms with E-state index in [1.54, 1.807) is 16.2 Å². The molecular formula is C21H24N4OS. The van der Waals surface area contributed by atoms with E-state index in [9.17, 15) is 4.79 Å². The number of aromatic nitrogens is 3. The Balaban J connectivity index is 1.64. The van der Waals surface area contributed by atoms with Crippen LogP contribution in [-0.2, 0) is 25.8 Å². The van der Waals surface area contributed by atoms with Crippen LogP contribution in [0.5, 0.6) is 0 Å². The first-order chi connectivity index (χ1) is 13.1. The van der Waals surface area contributed by atoms with E-state index in [2.05, 4.69) is 31.0 Å². The molecule has 0 N–H and O–H groups in total. The summed E-state index contributed by atoms with van der Waals surface area (Å²) in [6.07, 6.45) is 3.90. The van der Waals surface area contributed by atoms with E-state index in [1.807, 2.05) is 29.2 Å². The largest absolute Gasteiger partial charge is 0.334 e. The molecule has 0 atom stereocenters. The molecule has 1 amide bonds. The minimum absolute atomic E-state index is 0.0217. The molecular weight excluding hydrogens is 356 g/mol. The van der Waals surface area contributed by atoms with Gasteiger partial charge >= 0.3 is 0 Å². The van der Waals surface area contributed by atoms with Gasteiger partial charge in [0.1, 0.15) is 0 Å². The highest BCUT2D eigenvalue weighted by Crippen LogP contribution is 2.29. The first-order valence-corrected chi connectivity index (χ1v) is 10.3. The van der Waals surface area contributed by atoms with Crippen LogP contribution in [0.4, 0.5) is 0 Å². The highest BCUT2D eigenvalue weighted by molar-refractivity contribution is 7.09. The number of carbonyl (C=O) groups excluding carboxylic acids is 1. The number of hydrogen-bond acceptors (Lipinski definition) is 4. The lowest BCUT2D eigenvalue weighted by molar-refractivity contribution is 0.0776. The van der Waals surface area contributed by atoms with E-state index >= 15 is 0 Å². The standard InChI is InChI=1S/C21H24N4OS/c1-4-19-22-15(13-27-19)12-24(3)21(26)20-16-9-7-11-18(16)25(23-20)17-10-6-5-8-14(17)2/h5-6,8,10,13H,4,7,9,11-12H2,1-3H3. The first-order valence-electron chi connectivity index (χ1n) is 9.44. The third-order valence-corrected chi connectivity index (χ3v) is 6.17. The summed E-state index contributed by atoms with van der Waals surface area (Å²) in [7, 11) is 1.83. The van der Waals surface area contributed by atoms with Crippen molar-refractivity contribution < 1.29 is 4.79 Å². The van der Waals surface area contributed by atoms with Gasteiger partial charge in [0, 0.05) is 23.7 Å². The second-order valence-electron chi connectivity index (χ2n) is 7.07. The number of aryl methyl sites for hydroxylation is 2. The fraction of sp³-hybridized carbons (Fsp3) is 0.381. The van der Waals surface area contributed by atoms with Crippen molar-refractivity contribution in [2.24, 2.45) is 0 Å². The SMILES string of the molecule is CCc1nc(CN(C)C(=O)c2nn(-c3ccccc3C)c3c2CCC3)cs1. The minimum atomic E-state index is -0.0217. The Hall–Kier alpha value is -2.47. The summed E-state index contributed by atoms with van der Waals surface area (Å²) in [5.74, 6) is -0.0217. The van der Waals surface area contributed by atoms with Gasteiger partial charge in [-0.1, -0.05) is 25.1 Å². The highest BCUT2D eigenvalue weighted by Gasteiger charge is 2.29. The van der Waals surface area contributed by atoms with Gasteiger partial charge in [0.25, 0.3) is 5.91 Å². The predicted octanol–water partition coefficient (Wildman–Crippen LogP) is 3.96. The molecule has 0 radical (unpaired) electrons. The Morgan fingerprint density at radius 1 is 1.30 bits per heavy atom. The van der Waals surface area contributed by atoms with Crippen LogP contribution in [0, 0.1) is 6.92 Å². The molecule has 6 heteroatoms. The summed E-state index contributed by atoms with van der Waals surface area (Å²) >= 11 is 1.65. The first kappa shape index (κ1) is 17.9. The third-order valence-electron chi connectivity index (χ3n) is 5.12. The molecule has 5 nitrogen and oxygen atoms in total. The normalized spacial score (nSPS) is 13.0. The van der Waals surface area contributed by atoms with Crippen LogP contribution in [0.2, 0.25) is 0 Å². The van der Waals surface area contributed by atoms with Gasteiger partial charge in [0.2, 0.25) is 0 Å². The van der Waals surface area contributed by atoms with Gasteiger partial charge in [0.15, 0.2) is 5.69 Å². The van der Waals surface area contributed by atoms with Crippen molar-refractivity contribution in [2.75, 3.05) is 7.05 Å². The molecule has 0 saturated heterocycles. The number of fused-ring (bicyclic) bond motifs is 1. The van der Waals surface area contributed by atoms with Crippen LogP contribution < -0.4 is 0 Å². The van der Waals surface area contributed by atoms with Gasteiger partial charge in [-0.3, -0.25) is 4.79 Å². The molecule has 0 saturated carbocycles. The number of rotatable bonds is 5. The summed E-state index contributed by atoms with van der Waals surface area (Å²) in [4.78, 5) is 19.5. The van der Waals surface area contributed by atoms with Crippen LogP contribution in [0.1, 0.15) is 51.4 Å². The molecule has 140 valence electrons. The van der Waals surface area contributed by atoms with Gasteiger partial charge in [0.05, 0.1) is 22.9 Å². The molecule has 4 rings (SSSR count). The third kappa shape index (κ3) is 3.30. The lowest BCUT2D eigenvalue weighted by Gasteiger charge is -2.15. The van der Waals surface area contributed by atoms with Crippen molar-refractivity contribution >= 4 is 17.2 Å². The van der Waals surface area contributed by atoms with Crippen LogP contribution in [0.15, 0.2) is 29.6 Å². The maximum atomic E-state index is 13.1. The zero-order valence-corrected chi connectivity index (χ0v) is 16.8. The van der Waals surface area contributed by atoms with Crippen LogP contribution in [0.25, 0.3) is 5.69 Å². The summed E-state index contributed by atoms with van der Waals surface area (Å²) < 4.78 is 1.98. The quantitative estimate of drug-likeness (QED) is 0.673. The average Bonchev–Trinajstić information content (AvgIpc) is 3.38. The molecule has 3 aromatic rings. The topological polar surface area (TPSA) is 51.0 Å². The van der Waals surface area contributed by atoms with Crippen LogP contribution in [-0.4, -0.2) is 32.6 Å². The van der Waals surface area contributed by atoms with E-state index in [1.165, 1.54) is 5.69 Å². The predicted molar refractivity (Wildman–Crippen MR) is 108 cm³/mol. The molecule has 1 aromatic carbocycles. The van der Waals surface area contributed by atoms with E-state index in [0.717, 1.165) is 53.2 Å². The van der Waals surface area contributed by atoms with E-state index < -0.39 is 0 Å². The lowest BCUT2D eigenvalue weighted by Crippen LogP contribution is -2.27. The van der Waals surface area contributed by atoms with Crippen molar-refractivity contribution in [3.05, 3.63) is 62.9 Å². The van der Waals surface area contributed by atoms with Gasteiger partial charge in [-0.15, -0.1) is 11.3 Å². The van der Waals surface area contributed by atoms with Gasteiger partial charge < -0.3 is 4.90 Å². The van der Waals surface area contributed by atoms with Crippen molar-refractivity contribution in [3.8, 4) is 5.69 Å². The van der Waals surface area contributed by atoms with E-state index in [0.29, 0.717) is 12.2 Å². The minimum Gasteiger partial charge on any atom is -0.334 e. The number of carbonyl (C=O) groups is 1. The smallest absolute Gasteiger partial charge is 0.274 e. The summed E-state index contributed by atoms with van der Waals surface area (Å²) in [5, 5.41) is 7.90. The van der Waals surface area contributed by atoms with Crippen molar-refractivity contribution in [3.63, 3.8) is 0 Å². The monoisotopic (exact) mass is 380 g/mol. The maximum absolute atomic E-state index is 13.1. The number of thiazole rings is 1. The van der Waals surface area contributed by atoms with Crippen molar-refractivity contribution in [2.45, 2.75) is 46.1 Å². The number of amides is 1.